The maximum absolute atomic E-state index is 12.9. The number of hydrogen-bond donors (Lipinski definition) is 0. The molecule has 0 bridgehead atoms. The van der Waals surface area contributed by atoms with Crippen LogP contribution in [0.5, 0.6) is 0 Å². The minimum Gasteiger partial charge on any atom is -0.381 e. The molecular weight excluding hydrogens is 342 g/mol. The van der Waals surface area contributed by atoms with Gasteiger partial charge in [-0.25, -0.2) is 0 Å². The fraction of sp³-hybridized carbons (Fsp3) is 0.810. The molecule has 1 saturated carbocycles. The summed E-state index contributed by atoms with van der Waals surface area (Å²) in [6.45, 7) is 8.62. The molecule has 1 aromatic rings. The number of aryl methyl sites for hydroxylation is 2. The monoisotopic (exact) mass is 375 g/mol. The lowest BCUT2D eigenvalue weighted by molar-refractivity contribution is -0.121. The minimum atomic E-state index is -0.140. The highest BCUT2D eigenvalue weighted by Gasteiger charge is 2.54. The SMILES string of the molecule is CCn1nc(C)cc1C(=O)N1CC2(C1)OCCC2CCOCC1CCCC1. The Balaban J connectivity index is 1.27. The summed E-state index contributed by atoms with van der Waals surface area (Å²) >= 11 is 0. The fourth-order valence-electron chi connectivity index (χ4n) is 5.06. The van der Waals surface area contributed by atoms with E-state index < -0.39 is 0 Å². The van der Waals surface area contributed by atoms with Gasteiger partial charge in [0.1, 0.15) is 11.3 Å². The van der Waals surface area contributed by atoms with Crippen molar-refractivity contribution in [2.45, 2.75) is 64.5 Å². The quantitative estimate of drug-likeness (QED) is 0.688. The Bertz CT molecular complexity index is 660. The first kappa shape index (κ1) is 18.9. The third-order valence-corrected chi connectivity index (χ3v) is 6.66. The Kier molecular flexibility index (Phi) is 5.55. The van der Waals surface area contributed by atoms with E-state index >= 15 is 0 Å². The van der Waals surface area contributed by atoms with Gasteiger partial charge in [0.05, 0.1) is 18.8 Å². The Morgan fingerprint density at radius 3 is 2.85 bits per heavy atom. The number of rotatable bonds is 7. The lowest BCUT2D eigenvalue weighted by atomic mass is 9.79. The molecule has 3 heterocycles. The molecule has 0 radical (unpaired) electrons. The number of aromatic nitrogens is 2. The van der Waals surface area contributed by atoms with Crippen LogP contribution in [0.25, 0.3) is 0 Å². The first-order chi connectivity index (χ1) is 13.1. The molecular formula is C21H33N3O3. The molecule has 1 aromatic heterocycles. The number of ether oxygens (including phenoxy) is 2. The van der Waals surface area contributed by atoms with E-state index in [1.807, 2.05) is 24.8 Å². The van der Waals surface area contributed by atoms with Gasteiger partial charge in [-0.1, -0.05) is 12.8 Å². The van der Waals surface area contributed by atoms with E-state index in [9.17, 15) is 4.79 Å². The molecule has 1 spiro atoms. The third-order valence-electron chi connectivity index (χ3n) is 6.66. The van der Waals surface area contributed by atoms with E-state index in [0.29, 0.717) is 31.2 Å². The Labute approximate surface area is 162 Å². The highest BCUT2D eigenvalue weighted by molar-refractivity contribution is 5.93. The second kappa shape index (κ2) is 7.92. The van der Waals surface area contributed by atoms with Crippen LogP contribution in [0.2, 0.25) is 0 Å². The van der Waals surface area contributed by atoms with Crippen molar-refractivity contribution >= 4 is 5.91 Å². The fourth-order valence-corrected chi connectivity index (χ4v) is 5.06. The van der Waals surface area contributed by atoms with E-state index in [1.54, 1.807) is 4.68 Å². The lowest BCUT2D eigenvalue weighted by Crippen LogP contribution is -2.66. The Hall–Kier alpha value is -1.40. The zero-order chi connectivity index (χ0) is 18.9. The van der Waals surface area contributed by atoms with Crippen LogP contribution in [0.3, 0.4) is 0 Å². The maximum Gasteiger partial charge on any atom is 0.272 e. The second-order valence-corrected chi connectivity index (χ2v) is 8.56. The maximum atomic E-state index is 12.9. The van der Waals surface area contributed by atoms with Gasteiger partial charge in [0.15, 0.2) is 0 Å². The zero-order valence-corrected chi connectivity index (χ0v) is 16.8. The van der Waals surface area contributed by atoms with E-state index in [4.69, 9.17) is 9.47 Å². The van der Waals surface area contributed by atoms with Gasteiger partial charge in [0.25, 0.3) is 5.91 Å². The summed E-state index contributed by atoms with van der Waals surface area (Å²) in [4.78, 5) is 14.8. The number of nitrogens with zero attached hydrogens (tertiary/aromatic N) is 3. The van der Waals surface area contributed by atoms with Gasteiger partial charge in [-0.3, -0.25) is 9.48 Å². The molecule has 3 fully saturated rings. The normalized spacial score (nSPS) is 24.7. The highest BCUT2D eigenvalue weighted by Crippen LogP contribution is 2.42. The second-order valence-electron chi connectivity index (χ2n) is 8.56. The van der Waals surface area contributed by atoms with E-state index in [0.717, 1.165) is 44.3 Å². The van der Waals surface area contributed by atoms with Crippen molar-refractivity contribution in [2.24, 2.45) is 11.8 Å². The van der Waals surface area contributed by atoms with Crippen molar-refractivity contribution in [1.82, 2.24) is 14.7 Å². The molecule has 6 heteroatoms. The van der Waals surface area contributed by atoms with Crippen molar-refractivity contribution in [2.75, 3.05) is 32.9 Å². The van der Waals surface area contributed by atoms with Crippen LogP contribution >= 0.6 is 0 Å². The van der Waals surface area contributed by atoms with Gasteiger partial charge < -0.3 is 14.4 Å². The average Bonchev–Trinajstić information content (AvgIpc) is 3.36. The van der Waals surface area contributed by atoms with Crippen molar-refractivity contribution in [3.05, 3.63) is 17.5 Å². The summed E-state index contributed by atoms with van der Waals surface area (Å²) in [5, 5.41) is 4.40. The van der Waals surface area contributed by atoms with Crippen molar-refractivity contribution in [1.29, 1.82) is 0 Å². The van der Waals surface area contributed by atoms with Crippen LogP contribution in [0.4, 0.5) is 0 Å². The number of hydrogen-bond acceptors (Lipinski definition) is 4. The molecule has 4 rings (SSSR count). The molecule has 6 nitrogen and oxygen atoms in total. The number of likely N-dealkylation sites (tertiary alicyclic amines) is 1. The molecule has 1 atom stereocenters. The molecule has 2 aliphatic heterocycles. The van der Waals surface area contributed by atoms with Crippen molar-refractivity contribution in [3.8, 4) is 0 Å². The summed E-state index contributed by atoms with van der Waals surface area (Å²) in [5.41, 5.74) is 1.45. The average molecular weight is 376 g/mol. The molecule has 0 aromatic carbocycles. The van der Waals surface area contributed by atoms with Gasteiger partial charge in [0.2, 0.25) is 0 Å². The highest BCUT2D eigenvalue weighted by atomic mass is 16.5. The molecule has 2 saturated heterocycles. The van der Waals surface area contributed by atoms with Gasteiger partial charge in [0, 0.05) is 26.4 Å². The third kappa shape index (κ3) is 3.79. The molecule has 3 aliphatic rings. The summed E-state index contributed by atoms with van der Waals surface area (Å²) in [5.74, 6) is 1.36. The Morgan fingerprint density at radius 1 is 1.33 bits per heavy atom. The first-order valence-corrected chi connectivity index (χ1v) is 10.7. The standard InChI is InChI=1S/C21H33N3O3/c1-3-24-19(12-16(2)22-24)20(25)23-14-21(15-23)18(9-11-27-21)8-10-26-13-17-6-4-5-7-17/h12,17-18H,3-11,13-15H2,1-2H3. The number of carbonyl (C=O) groups is 1. The smallest absolute Gasteiger partial charge is 0.272 e. The summed E-state index contributed by atoms with van der Waals surface area (Å²) in [6, 6.07) is 1.89. The molecule has 27 heavy (non-hydrogen) atoms. The number of carbonyl (C=O) groups excluding carboxylic acids is 1. The van der Waals surface area contributed by atoms with Gasteiger partial charge in [-0.05, 0) is 57.4 Å². The first-order valence-electron chi connectivity index (χ1n) is 10.7. The molecule has 1 aliphatic carbocycles. The Morgan fingerprint density at radius 2 is 2.11 bits per heavy atom. The zero-order valence-electron chi connectivity index (χ0n) is 16.8. The number of amides is 1. The molecule has 1 amide bonds. The summed E-state index contributed by atoms with van der Waals surface area (Å²) in [6.07, 6.45) is 7.53. The van der Waals surface area contributed by atoms with Crippen LogP contribution in [0.1, 0.15) is 61.6 Å². The van der Waals surface area contributed by atoms with Gasteiger partial charge in [-0.2, -0.15) is 5.10 Å². The van der Waals surface area contributed by atoms with E-state index in [2.05, 4.69) is 5.10 Å². The van der Waals surface area contributed by atoms with Gasteiger partial charge in [-0.15, -0.1) is 0 Å². The molecule has 150 valence electrons. The van der Waals surface area contributed by atoms with Crippen LogP contribution < -0.4 is 0 Å². The minimum absolute atomic E-state index is 0.0785. The predicted molar refractivity (Wildman–Crippen MR) is 103 cm³/mol. The van der Waals surface area contributed by atoms with Crippen LogP contribution in [0.15, 0.2) is 6.07 Å². The van der Waals surface area contributed by atoms with Crippen LogP contribution in [-0.2, 0) is 16.0 Å². The largest absolute Gasteiger partial charge is 0.381 e. The summed E-state index contributed by atoms with van der Waals surface area (Å²) < 4.78 is 13.9. The predicted octanol–water partition coefficient (Wildman–Crippen LogP) is 3.04. The van der Waals surface area contributed by atoms with Gasteiger partial charge >= 0.3 is 0 Å². The lowest BCUT2D eigenvalue weighted by Gasteiger charge is -2.50. The van der Waals surface area contributed by atoms with Crippen LogP contribution in [-0.4, -0.2) is 59.1 Å². The van der Waals surface area contributed by atoms with E-state index in [1.165, 1.54) is 25.7 Å². The summed E-state index contributed by atoms with van der Waals surface area (Å²) in [7, 11) is 0. The van der Waals surface area contributed by atoms with Crippen LogP contribution in [0, 0.1) is 18.8 Å². The molecule has 0 N–H and O–H groups in total. The topological polar surface area (TPSA) is 56.6 Å². The van der Waals surface area contributed by atoms with Crippen molar-refractivity contribution in [3.63, 3.8) is 0 Å². The molecule has 1 unspecified atom stereocenters. The van der Waals surface area contributed by atoms with Crippen molar-refractivity contribution < 1.29 is 14.3 Å². The van der Waals surface area contributed by atoms with E-state index in [-0.39, 0.29) is 11.5 Å².